The van der Waals surface area contributed by atoms with Crippen LogP contribution in [-0.2, 0) is 9.59 Å². The normalized spacial score (nSPS) is 32.9. The van der Waals surface area contributed by atoms with Crippen LogP contribution in [0.1, 0.15) is 13.8 Å². The summed E-state index contributed by atoms with van der Waals surface area (Å²) in [7, 11) is 0. The Hall–Kier alpha value is -0.160. The molecule has 1 N–H and O–H groups in total. The van der Waals surface area contributed by atoms with Crippen molar-refractivity contribution in [1.29, 1.82) is 0 Å². The Labute approximate surface area is 86.4 Å². The first-order valence-corrected chi connectivity index (χ1v) is 5.97. The summed E-state index contributed by atoms with van der Waals surface area (Å²) < 4.78 is 0. The van der Waals surface area contributed by atoms with Crippen LogP contribution in [0.4, 0.5) is 0 Å². The van der Waals surface area contributed by atoms with Gasteiger partial charge in [0.25, 0.3) is 0 Å². The Morgan fingerprint density at radius 1 is 1.08 bits per heavy atom. The van der Waals surface area contributed by atoms with E-state index in [2.05, 4.69) is 5.32 Å². The number of amides is 2. The minimum atomic E-state index is -0.120. The smallest absolute Gasteiger partial charge is 0.241 e. The fraction of sp³-hybridized carbons (Fsp3) is 0.750. The summed E-state index contributed by atoms with van der Waals surface area (Å²) in [6, 6.07) is 0. The van der Waals surface area contributed by atoms with Crippen molar-refractivity contribution in [3.63, 3.8) is 0 Å². The molecule has 2 fully saturated rings. The number of fused-ring (bicyclic) bond motifs is 1. The Bertz CT molecular complexity index is 210. The molecule has 2 aliphatic rings. The van der Waals surface area contributed by atoms with E-state index in [-0.39, 0.29) is 29.7 Å². The van der Waals surface area contributed by atoms with Crippen molar-refractivity contribution in [2.75, 3.05) is 11.5 Å². The fourth-order valence-electron chi connectivity index (χ4n) is 1.34. The van der Waals surface area contributed by atoms with Crippen LogP contribution >= 0.6 is 23.5 Å². The highest BCUT2D eigenvalue weighted by atomic mass is 32.2. The minimum absolute atomic E-state index is 0. The molecule has 0 aromatic carbocycles. The lowest BCUT2D eigenvalue weighted by molar-refractivity contribution is -0.124. The summed E-state index contributed by atoms with van der Waals surface area (Å²) in [5.74, 6) is 1.80. The van der Waals surface area contributed by atoms with Gasteiger partial charge in [-0.2, -0.15) is 0 Å². The summed E-state index contributed by atoms with van der Waals surface area (Å²) in [4.78, 5) is 22.4. The number of carbonyl (C=O) groups excluding carboxylic acids is 2. The quantitative estimate of drug-likeness (QED) is 0.615. The molecule has 0 spiro atoms. The molecule has 2 heterocycles. The van der Waals surface area contributed by atoms with Gasteiger partial charge in [-0.1, -0.05) is 7.43 Å². The van der Waals surface area contributed by atoms with Gasteiger partial charge in [-0.25, -0.2) is 0 Å². The Balaban J connectivity index is 0.000000845. The van der Waals surface area contributed by atoms with E-state index in [4.69, 9.17) is 0 Å². The van der Waals surface area contributed by atoms with Gasteiger partial charge in [0.2, 0.25) is 11.8 Å². The standard InChI is InChI=1S/C7H9NO2S2.CH4/c9-6-4-5(7(10)8-6)12-3-1-2-11-4;/h4-5H,1-3H2,(H,8,9,10);1H4/t4-,5?;/m1./s1. The molecular weight excluding hydrogens is 206 g/mol. The van der Waals surface area contributed by atoms with Crippen molar-refractivity contribution in [3.05, 3.63) is 0 Å². The number of imide groups is 1. The maximum absolute atomic E-state index is 11.2. The Morgan fingerprint density at radius 2 is 1.54 bits per heavy atom. The molecule has 1 unspecified atom stereocenters. The Kier molecular flexibility index (Phi) is 3.67. The van der Waals surface area contributed by atoms with Crippen molar-refractivity contribution in [1.82, 2.24) is 5.32 Å². The lowest BCUT2D eigenvalue weighted by Crippen LogP contribution is -2.23. The highest BCUT2D eigenvalue weighted by molar-refractivity contribution is 8.05. The highest BCUT2D eigenvalue weighted by Gasteiger charge is 2.42. The van der Waals surface area contributed by atoms with Crippen molar-refractivity contribution in [2.45, 2.75) is 24.3 Å². The fourth-order valence-corrected chi connectivity index (χ4v) is 4.15. The zero-order chi connectivity index (χ0) is 8.55. The number of rotatable bonds is 0. The first-order valence-electron chi connectivity index (χ1n) is 3.87. The molecule has 2 rings (SSSR count). The summed E-state index contributed by atoms with van der Waals surface area (Å²) in [6.07, 6.45) is 1.10. The lowest BCUT2D eigenvalue weighted by Gasteiger charge is -2.08. The van der Waals surface area contributed by atoms with E-state index in [1.54, 1.807) is 23.5 Å². The summed E-state index contributed by atoms with van der Waals surface area (Å²) >= 11 is 3.23. The molecule has 13 heavy (non-hydrogen) atoms. The van der Waals surface area contributed by atoms with Crippen LogP contribution < -0.4 is 5.32 Å². The van der Waals surface area contributed by atoms with Crippen LogP contribution in [0.15, 0.2) is 0 Å². The third-order valence-corrected chi connectivity index (χ3v) is 4.83. The van der Waals surface area contributed by atoms with Crippen LogP contribution in [0.5, 0.6) is 0 Å². The zero-order valence-corrected chi connectivity index (χ0v) is 8.04. The first-order chi connectivity index (χ1) is 5.79. The third-order valence-electron chi connectivity index (χ3n) is 1.92. The maximum atomic E-state index is 11.2. The van der Waals surface area contributed by atoms with Crippen LogP contribution in [0.3, 0.4) is 0 Å². The van der Waals surface area contributed by atoms with Gasteiger partial charge in [-0.05, 0) is 17.9 Å². The van der Waals surface area contributed by atoms with Gasteiger partial charge >= 0.3 is 0 Å². The molecule has 2 saturated heterocycles. The molecule has 0 saturated carbocycles. The number of hydrogen-bond acceptors (Lipinski definition) is 4. The SMILES string of the molecule is C.O=C1NC(=O)[C@@H]2SCCCSC12. The van der Waals surface area contributed by atoms with E-state index in [1.165, 1.54) is 0 Å². The highest BCUT2D eigenvalue weighted by Crippen LogP contribution is 2.33. The van der Waals surface area contributed by atoms with Crippen molar-refractivity contribution < 1.29 is 9.59 Å². The van der Waals surface area contributed by atoms with Crippen LogP contribution in [-0.4, -0.2) is 33.8 Å². The minimum Gasteiger partial charge on any atom is -0.294 e. The van der Waals surface area contributed by atoms with Gasteiger partial charge in [0.15, 0.2) is 0 Å². The number of hydrogen-bond donors (Lipinski definition) is 1. The van der Waals surface area contributed by atoms with Gasteiger partial charge in [0.05, 0.1) is 0 Å². The molecule has 0 radical (unpaired) electrons. The van der Waals surface area contributed by atoms with Crippen molar-refractivity contribution in [2.24, 2.45) is 0 Å². The molecule has 0 bridgehead atoms. The van der Waals surface area contributed by atoms with Gasteiger partial charge in [0, 0.05) is 0 Å². The van der Waals surface area contributed by atoms with Gasteiger partial charge in [-0.15, -0.1) is 23.5 Å². The molecule has 0 aromatic heterocycles. The van der Waals surface area contributed by atoms with Crippen LogP contribution in [0.2, 0.25) is 0 Å². The van der Waals surface area contributed by atoms with Gasteiger partial charge in [0.1, 0.15) is 10.5 Å². The molecule has 2 aliphatic heterocycles. The first kappa shape index (κ1) is 10.9. The number of carbonyl (C=O) groups is 2. The van der Waals surface area contributed by atoms with Crippen molar-refractivity contribution >= 4 is 35.3 Å². The van der Waals surface area contributed by atoms with Gasteiger partial charge in [-0.3, -0.25) is 14.9 Å². The van der Waals surface area contributed by atoms with Crippen LogP contribution in [0.25, 0.3) is 0 Å². The van der Waals surface area contributed by atoms with E-state index >= 15 is 0 Å². The molecule has 3 nitrogen and oxygen atoms in total. The van der Waals surface area contributed by atoms with Crippen molar-refractivity contribution in [3.8, 4) is 0 Å². The van der Waals surface area contributed by atoms with E-state index in [0.717, 1.165) is 17.9 Å². The van der Waals surface area contributed by atoms with Crippen LogP contribution in [0, 0.1) is 0 Å². The summed E-state index contributed by atoms with van der Waals surface area (Å²) in [5.41, 5.74) is 0. The second-order valence-corrected chi connectivity index (χ2v) is 5.29. The lowest BCUT2D eigenvalue weighted by atomic mass is 10.3. The average Bonchev–Trinajstić information content (AvgIpc) is 2.29. The number of nitrogens with one attached hydrogen (secondary N) is 1. The zero-order valence-electron chi connectivity index (χ0n) is 6.41. The third kappa shape index (κ3) is 2.02. The molecule has 5 heteroatoms. The largest absolute Gasteiger partial charge is 0.294 e. The molecular formula is C8H13NO2S2. The predicted octanol–water partition coefficient (Wildman–Crippen LogP) is 0.886. The topological polar surface area (TPSA) is 46.2 Å². The molecule has 2 atom stereocenters. The van der Waals surface area contributed by atoms with E-state index in [9.17, 15) is 9.59 Å². The second kappa shape index (κ2) is 4.37. The second-order valence-electron chi connectivity index (χ2n) is 2.79. The van der Waals surface area contributed by atoms with E-state index in [0.29, 0.717) is 0 Å². The van der Waals surface area contributed by atoms with Gasteiger partial charge < -0.3 is 0 Å². The van der Waals surface area contributed by atoms with E-state index in [1.807, 2.05) is 0 Å². The molecule has 0 aromatic rings. The van der Waals surface area contributed by atoms with E-state index < -0.39 is 0 Å². The summed E-state index contributed by atoms with van der Waals surface area (Å²) in [6.45, 7) is 0. The average molecular weight is 219 g/mol. The molecule has 74 valence electrons. The number of thioether (sulfide) groups is 2. The monoisotopic (exact) mass is 219 g/mol. The summed E-state index contributed by atoms with van der Waals surface area (Å²) in [5, 5.41) is 2.13. The Morgan fingerprint density at radius 3 is 2.00 bits per heavy atom. The maximum Gasteiger partial charge on any atom is 0.241 e. The molecule has 2 amide bonds. The predicted molar refractivity (Wildman–Crippen MR) is 57.0 cm³/mol. The molecule has 0 aliphatic carbocycles.